The lowest BCUT2D eigenvalue weighted by Crippen LogP contribution is -2.29. The van der Waals surface area contributed by atoms with Crippen LogP contribution in [0.1, 0.15) is 27.2 Å². The van der Waals surface area contributed by atoms with E-state index in [-0.39, 0.29) is 30.1 Å². The van der Waals surface area contributed by atoms with Crippen LogP contribution in [0.2, 0.25) is 0 Å². The SMILES string of the molecule is CC(=O)Nc1cc(-c2ccc(OC[C@@H](N)CC(C)C)c(OC(F)(F)F)c2)ccn1. The molecule has 29 heavy (non-hydrogen) atoms. The van der Waals surface area contributed by atoms with Crippen LogP contribution in [0.25, 0.3) is 11.1 Å². The van der Waals surface area contributed by atoms with Crippen LogP contribution in [0.5, 0.6) is 11.5 Å². The fraction of sp³-hybridized carbons (Fsp3) is 0.400. The highest BCUT2D eigenvalue weighted by atomic mass is 19.4. The summed E-state index contributed by atoms with van der Waals surface area (Å²) in [5, 5.41) is 2.53. The van der Waals surface area contributed by atoms with Gasteiger partial charge in [-0.15, -0.1) is 13.2 Å². The quantitative estimate of drug-likeness (QED) is 0.674. The lowest BCUT2D eigenvalue weighted by molar-refractivity contribution is -0.275. The zero-order valence-electron chi connectivity index (χ0n) is 16.4. The first-order valence-electron chi connectivity index (χ1n) is 9.05. The van der Waals surface area contributed by atoms with Gasteiger partial charge in [0.05, 0.1) is 0 Å². The molecule has 9 heteroatoms. The van der Waals surface area contributed by atoms with Crippen LogP contribution in [0.15, 0.2) is 36.5 Å². The van der Waals surface area contributed by atoms with Crippen LogP contribution in [-0.4, -0.2) is 29.9 Å². The Morgan fingerprint density at radius 2 is 1.86 bits per heavy atom. The maximum absolute atomic E-state index is 12.9. The van der Waals surface area contributed by atoms with E-state index < -0.39 is 12.1 Å². The summed E-state index contributed by atoms with van der Waals surface area (Å²) in [6.07, 6.45) is -2.76. The third-order valence-corrected chi connectivity index (χ3v) is 3.79. The molecule has 1 heterocycles. The third kappa shape index (κ3) is 7.61. The number of aromatic nitrogens is 1. The summed E-state index contributed by atoms with van der Waals surface area (Å²) in [7, 11) is 0. The zero-order chi connectivity index (χ0) is 21.6. The van der Waals surface area contributed by atoms with Crippen molar-refractivity contribution < 1.29 is 27.4 Å². The van der Waals surface area contributed by atoms with Gasteiger partial charge in [0.2, 0.25) is 5.91 Å². The summed E-state index contributed by atoms with van der Waals surface area (Å²) < 4.78 is 48.3. The van der Waals surface area contributed by atoms with E-state index in [0.717, 1.165) is 0 Å². The van der Waals surface area contributed by atoms with Gasteiger partial charge in [0, 0.05) is 19.2 Å². The predicted octanol–water partition coefficient (Wildman–Crippen LogP) is 4.36. The van der Waals surface area contributed by atoms with Gasteiger partial charge in [0.25, 0.3) is 0 Å². The Balaban J connectivity index is 2.29. The molecule has 0 spiro atoms. The number of hydrogen-bond acceptors (Lipinski definition) is 5. The number of hydrogen-bond donors (Lipinski definition) is 2. The molecule has 1 aromatic heterocycles. The van der Waals surface area contributed by atoms with Crippen LogP contribution < -0.4 is 20.5 Å². The van der Waals surface area contributed by atoms with Gasteiger partial charge in [-0.3, -0.25) is 4.79 Å². The predicted molar refractivity (Wildman–Crippen MR) is 104 cm³/mol. The molecular formula is C20H24F3N3O3. The largest absolute Gasteiger partial charge is 0.573 e. The molecule has 0 saturated carbocycles. The minimum absolute atomic E-state index is 0.0542. The number of carbonyl (C=O) groups is 1. The van der Waals surface area contributed by atoms with Crippen LogP contribution in [0.3, 0.4) is 0 Å². The maximum atomic E-state index is 12.9. The number of benzene rings is 1. The molecule has 1 atom stereocenters. The van der Waals surface area contributed by atoms with Crippen LogP contribution >= 0.6 is 0 Å². The molecule has 158 valence electrons. The highest BCUT2D eigenvalue weighted by Crippen LogP contribution is 2.36. The van der Waals surface area contributed by atoms with E-state index in [9.17, 15) is 18.0 Å². The van der Waals surface area contributed by atoms with Gasteiger partial charge >= 0.3 is 6.36 Å². The number of rotatable bonds is 8. The summed E-state index contributed by atoms with van der Waals surface area (Å²) in [6.45, 7) is 5.39. The Labute approximate surface area is 167 Å². The lowest BCUT2D eigenvalue weighted by atomic mass is 10.1. The first kappa shape index (κ1) is 22.5. The molecule has 0 aliphatic carbocycles. The Morgan fingerprint density at radius 1 is 1.17 bits per heavy atom. The molecule has 2 aromatic rings. The molecule has 6 nitrogen and oxygen atoms in total. The number of pyridine rings is 1. The maximum Gasteiger partial charge on any atom is 0.573 e. The van der Waals surface area contributed by atoms with Gasteiger partial charge in [0.15, 0.2) is 11.5 Å². The molecule has 0 radical (unpaired) electrons. The first-order valence-corrected chi connectivity index (χ1v) is 9.05. The minimum Gasteiger partial charge on any atom is -0.488 e. The average Bonchev–Trinajstić information content (AvgIpc) is 2.58. The van der Waals surface area contributed by atoms with Gasteiger partial charge in [0.1, 0.15) is 12.4 Å². The van der Waals surface area contributed by atoms with Crippen molar-refractivity contribution in [2.45, 2.75) is 39.6 Å². The Bertz CT molecular complexity index is 841. The van der Waals surface area contributed by atoms with Gasteiger partial charge < -0.3 is 20.5 Å². The number of nitrogens with two attached hydrogens (primary N) is 1. The molecule has 0 aliphatic heterocycles. The molecule has 1 aromatic carbocycles. The fourth-order valence-corrected chi connectivity index (χ4v) is 2.74. The number of carbonyl (C=O) groups excluding carboxylic acids is 1. The molecular weight excluding hydrogens is 387 g/mol. The fourth-order valence-electron chi connectivity index (χ4n) is 2.74. The molecule has 1 amide bonds. The number of anilines is 1. The topological polar surface area (TPSA) is 86.5 Å². The number of amides is 1. The van der Waals surface area contributed by atoms with Crippen LogP contribution in [-0.2, 0) is 4.79 Å². The van der Waals surface area contributed by atoms with E-state index in [1.807, 2.05) is 13.8 Å². The van der Waals surface area contributed by atoms with E-state index >= 15 is 0 Å². The molecule has 0 fully saturated rings. The molecule has 3 N–H and O–H groups in total. The van der Waals surface area contributed by atoms with Crippen molar-refractivity contribution in [2.24, 2.45) is 11.7 Å². The van der Waals surface area contributed by atoms with Crippen molar-refractivity contribution in [2.75, 3.05) is 11.9 Å². The van der Waals surface area contributed by atoms with E-state index in [1.54, 1.807) is 18.2 Å². The van der Waals surface area contributed by atoms with Crippen molar-refractivity contribution >= 4 is 11.7 Å². The molecule has 0 aliphatic rings. The summed E-state index contributed by atoms with van der Waals surface area (Å²) in [4.78, 5) is 15.2. The van der Waals surface area contributed by atoms with E-state index in [0.29, 0.717) is 23.5 Å². The molecule has 0 unspecified atom stereocenters. The van der Waals surface area contributed by atoms with Crippen LogP contribution in [0.4, 0.5) is 19.0 Å². The van der Waals surface area contributed by atoms with E-state index in [2.05, 4.69) is 15.0 Å². The second kappa shape index (κ2) is 9.60. The minimum atomic E-state index is -4.88. The number of alkyl halides is 3. The van der Waals surface area contributed by atoms with Crippen molar-refractivity contribution in [3.8, 4) is 22.6 Å². The standard InChI is InChI=1S/C20H24F3N3O3/c1-12(2)8-16(24)11-28-17-5-4-14(9-18(17)29-20(21,22)23)15-6-7-25-19(10-15)26-13(3)27/h4-7,9-10,12,16H,8,11,24H2,1-3H3,(H,25,26,27)/t16-/m0/s1. The van der Waals surface area contributed by atoms with Crippen LogP contribution in [0, 0.1) is 5.92 Å². The molecule has 0 bridgehead atoms. The number of halogens is 3. The zero-order valence-corrected chi connectivity index (χ0v) is 16.4. The second-order valence-corrected chi connectivity index (χ2v) is 7.02. The number of nitrogens with one attached hydrogen (secondary N) is 1. The highest BCUT2D eigenvalue weighted by molar-refractivity contribution is 5.88. The molecule has 2 rings (SSSR count). The van der Waals surface area contributed by atoms with Gasteiger partial charge in [-0.25, -0.2) is 4.98 Å². The van der Waals surface area contributed by atoms with Gasteiger partial charge in [-0.05, 0) is 47.7 Å². The Kier molecular flexibility index (Phi) is 7.44. The first-order chi connectivity index (χ1) is 13.5. The second-order valence-electron chi connectivity index (χ2n) is 7.02. The Morgan fingerprint density at radius 3 is 2.48 bits per heavy atom. The summed E-state index contributed by atoms with van der Waals surface area (Å²) >= 11 is 0. The normalized spacial score (nSPS) is 12.6. The van der Waals surface area contributed by atoms with Crippen molar-refractivity contribution in [1.82, 2.24) is 4.98 Å². The third-order valence-electron chi connectivity index (χ3n) is 3.79. The van der Waals surface area contributed by atoms with Gasteiger partial charge in [-0.1, -0.05) is 19.9 Å². The monoisotopic (exact) mass is 411 g/mol. The molecule has 0 saturated heterocycles. The summed E-state index contributed by atoms with van der Waals surface area (Å²) in [6, 6.07) is 7.07. The number of ether oxygens (including phenoxy) is 2. The Hall–Kier alpha value is -2.81. The average molecular weight is 411 g/mol. The van der Waals surface area contributed by atoms with E-state index in [4.69, 9.17) is 10.5 Å². The van der Waals surface area contributed by atoms with Crippen molar-refractivity contribution in [1.29, 1.82) is 0 Å². The van der Waals surface area contributed by atoms with Crippen molar-refractivity contribution in [3.05, 3.63) is 36.5 Å². The lowest BCUT2D eigenvalue weighted by Gasteiger charge is -2.18. The number of nitrogens with zero attached hydrogens (tertiary/aromatic N) is 1. The summed E-state index contributed by atoms with van der Waals surface area (Å²) in [5.74, 6) is -0.206. The highest BCUT2D eigenvalue weighted by Gasteiger charge is 2.32. The smallest absolute Gasteiger partial charge is 0.488 e. The van der Waals surface area contributed by atoms with Crippen molar-refractivity contribution in [3.63, 3.8) is 0 Å². The van der Waals surface area contributed by atoms with E-state index in [1.165, 1.54) is 25.3 Å². The van der Waals surface area contributed by atoms with Gasteiger partial charge in [-0.2, -0.15) is 0 Å². The summed E-state index contributed by atoms with van der Waals surface area (Å²) in [5.41, 5.74) is 6.94.